The Morgan fingerprint density at radius 2 is 2.12 bits per heavy atom. The van der Waals surface area contributed by atoms with Crippen molar-refractivity contribution < 1.29 is 10.4 Å². The maximum atomic E-state index is 11.9. The van der Waals surface area contributed by atoms with E-state index in [1.54, 1.807) is 6.92 Å². The molecule has 0 aliphatic rings. The largest absolute Gasteiger partial charge is 0.359 e. The molecule has 0 saturated carbocycles. The van der Waals surface area contributed by atoms with E-state index in [-0.39, 0.29) is 10.9 Å². The third-order valence-corrected chi connectivity index (χ3v) is 4.05. The number of hydrogen-bond acceptors (Lipinski definition) is 4. The smallest absolute Gasteiger partial charge is 0.217 e. The van der Waals surface area contributed by atoms with Crippen molar-refractivity contribution in [1.29, 1.82) is 0 Å². The third kappa shape index (κ3) is 1.93. The van der Waals surface area contributed by atoms with E-state index in [1.807, 2.05) is 0 Å². The molecule has 2 aromatic rings. The standard InChI is InChI=1S/C10H8BrClN2O3/c1-4-8(11)6(12)2-5-9(4)13-3-7(10(5)15)14(16)17/h2-3,16-17H,1H3,(H,13,15). The van der Waals surface area contributed by atoms with E-state index in [4.69, 9.17) is 22.0 Å². The van der Waals surface area contributed by atoms with Crippen molar-refractivity contribution in [1.82, 2.24) is 4.98 Å². The van der Waals surface area contributed by atoms with Crippen LogP contribution in [0.25, 0.3) is 10.9 Å². The summed E-state index contributed by atoms with van der Waals surface area (Å²) in [7, 11) is 0. The van der Waals surface area contributed by atoms with Crippen molar-refractivity contribution in [3.05, 3.63) is 37.5 Å². The van der Waals surface area contributed by atoms with Crippen LogP contribution in [0.2, 0.25) is 5.02 Å². The predicted octanol–water partition coefficient (Wildman–Crippen LogP) is 2.84. The minimum Gasteiger partial charge on any atom is -0.359 e. The molecule has 1 aromatic heterocycles. The van der Waals surface area contributed by atoms with Crippen LogP contribution in [-0.2, 0) is 0 Å². The molecule has 0 fully saturated rings. The van der Waals surface area contributed by atoms with Gasteiger partial charge in [0.05, 0.1) is 10.5 Å². The number of aryl methyl sites for hydroxylation is 1. The molecule has 0 unspecified atom stereocenters. The molecule has 1 heterocycles. The normalized spacial score (nSPS) is 10.9. The molecule has 0 spiro atoms. The average molecular weight is 320 g/mol. The second kappa shape index (κ2) is 4.30. The highest BCUT2D eigenvalue weighted by atomic mass is 79.9. The third-order valence-electron chi connectivity index (χ3n) is 2.50. The van der Waals surface area contributed by atoms with Crippen molar-refractivity contribution in [2.75, 3.05) is 5.23 Å². The van der Waals surface area contributed by atoms with E-state index < -0.39 is 5.43 Å². The Labute approximate surface area is 109 Å². The summed E-state index contributed by atoms with van der Waals surface area (Å²) in [5.74, 6) is 0. The van der Waals surface area contributed by atoms with Gasteiger partial charge in [-0.25, -0.2) is 0 Å². The van der Waals surface area contributed by atoms with Gasteiger partial charge in [0, 0.05) is 16.1 Å². The molecule has 2 rings (SSSR count). The molecule has 7 heteroatoms. The summed E-state index contributed by atoms with van der Waals surface area (Å²) in [4.78, 5) is 14.8. The maximum Gasteiger partial charge on any atom is 0.217 e. The number of nitrogens with zero attached hydrogens (tertiary/aromatic N) is 1. The van der Waals surface area contributed by atoms with Crippen molar-refractivity contribution in [3.8, 4) is 0 Å². The number of rotatable bonds is 1. The van der Waals surface area contributed by atoms with Crippen LogP contribution in [-0.4, -0.2) is 15.4 Å². The lowest BCUT2D eigenvalue weighted by Crippen LogP contribution is -2.20. The van der Waals surface area contributed by atoms with E-state index in [2.05, 4.69) is 20.9 Å². The van der Waals surface area contributed by atoms with Gasteiger partial charge in [0.15, 0.2) is 5.69 Å². The first kappa shape index (κ1) is 12.4. The summed E-state index contributed by atoms with van der Waals surface area (Å²) in [6.45, 7) is 1.80. The Balaban J connectivity index is 2.93. The Morgan fingerprint density at radius 1 is 1.47 bits per heavy atom. The van der Waals surface area contributed by atoms with Gasteiger partial charge in [0.25, 0.3) is 0 Å². The molecule has 0 amide bonds. The number of H-pyrrole nitrogens is 1. The quantitative estimate of drug-likeness (QED) is 0.706. The van der Waals surface area contributed by atoms with Gasteiger partial charge in [-0.2, -0.15) is 0 Å². The Kier molecular flexibility index (Phi) is 3.13. The molecular formula is C10H8BrClN2O3. The fraction of sp³-hybridized carbons (Fsp3) is 0.100. The molecule has 90 valence electrons. The van der Waals surface area contributed by atoms with Gasteiger partial charge < -0.3 is 4.98 Å². The highest BCUT2D eigenvalue weighted by Crippen LogP contribution is 2.31. The number of fused-ring (bicyclic) bond motifs is 1. The molecule has 17 heavy (non-hydrogen) atoms. The summed E-state index contributed by atoms with van der Waals surface area (Å²) in [5.41, 5.74) is 0.590. The Bertz CT molecular complexity index is 654. The van der Waals surface area contributed by atoms with Gasteiger partial charge in [0.1, 0.15) is 0 Å². The predicted molar refractivity (Wildman–Crippen MR) is 68.1 cm³/mol. The Morgan fingerprint density at radius 3 is 2.71 bits per heavy atom. The molecule has 0 aliphatic heterocycles. The topological polar surface area (TPSA) is 76.6 Å². The van der Waals surface area contributed by atoms with E-state index in [9.17, 15) is 4.79 Å². The maximum absolute atomic E-state index is 11.9. The lowest BCUT2D eigenvalue weighted by molar-refractivity contribution is 0.0285. The number of pyridine rings is 1. The second-order valence-electron chi connectivity index (χ2n) is 3.51. The van der Waals surface area contributed by atoms with Crippen LogP contribution in [0.1, 0.15) is 5.56 Å². The average Bonchev–Trinajstić information content (AvgIpc) is 2.27. The van der Waals surface area contributed by atoms with Crippen LogP contribution in [0.3, 0.4) is 0 Å². The van der Waals surface area contributed by atoms with E-state index in [1.165, 1.54) is 12.3 Å². The lowest BCUT2D eigenvalue weighted by Gasteiger charge is -2.10. The molecule has 0 radical (unpaired) electrons. The molecule has 1 aromatic carbocycles. The van der Waals surface area contributed by atoms with Crippen LogP contribution in [0.5, 0.6) is 0 Å². The zero-order valence-corrected chi connectivity index (χ0v) is 11.0. The second-order valence-corrected chi connectivity index (χ2v) is 4.71. The van der Waals surface area contributed by atoms with Crippen molar-refractivity contribution in [2.45, 2.75) is 6.92 Å². The highest BCUT2D eigenvalue weighted by molar-refractivity contribution is 9.10. The summed E-state index contributed by atoms with van der Waals surface area (Å²) in [5, 5.41) is 18.2. The molecule has 0 atom stereocenters. The Hall–Kier alpha value is -1.08. The lowest BCUT2D eigenvalue weighted by atomic mass is 10.1. The van der Waals surface area contributed by atoms with Crippen LogP contribution in [0.15, 0.2) is 21.5 Å². The van der Waals surface area contributed by atoms with Gasteiger partial charge in [-0.3, -0.25) is 15.2 Å². The summed E-state index contributed by atoms with van der Waals surface area (Å²) < 4.78 is 0.694. The van der Waals surface area contributed by atoms with Crippen LogP contribution < -0.4 is 10.7 Å². The van der Waals surface area contributed by atoms with E-state index in [0.29, 0.717) is 20.4 Å². The molecule has 0 aliphatic carbocycles. The fourth-order valence-corrected chi connectivity index (χ4v) is 2.17. The molecular weight excluding hydrogens is 311 g/mol. The summed E-state index contributed by atoms with van der Waals surface area (Å²) >= 11 is 9.27. The number of halogens is 2. The molecule has 3 N–H and O–H groups in total. The van der Waals surface area contributed by atoms with Crippen LogP contribution in [0, 0.1) is 6.92 Å². The first-order valence-corrected chi connectivity index (χ1v) is 5.78. The number of nitrogens with one attached hydrogen (secondary N) is 1. The fourth-order valence-electron chi connectivity index (χ4n) is 1.61. The van der Waals surface area contributed by atoms with Crippen LogP contribution in [0.4, 0.5) is 5.69 Å². The minimum atomic E-state index is -0.513. The van der Waals surface area contributed by atoms with Gasteiger partial charge in [0.2, 0.25) is 5.43 Å². The number of hydrogen-bond donors (Lipinski definition) is 3. The van der Waals surface area contributed by atoms with Gasteiger partial charge in [-0.1, -0.05) is 11.6 Å². The van der Waals surface area contributed by atoms with Gasteiger partial charge >= 0.3 is 0 Å². The molecule has 0 bridgehead atoms. The zero-order valence-electron chi connectivity index (χ0n) is 8.66. The van der Waals surface area contributed by atoms with Gasteiger partial charge in [-0.05, 0) is 34.5 Å². The first-order valence-electron chi connectivity index (χ1n) is 4.61. The number of aromatic amines is 1. The van der Waals surface area contributed by atoms with Crippen molar-refractivity contribution in [3.63, 3.8) is 0 Å². The van der Waals surface area contributed by atoms with E-state index in [0.717, 1.165) is 5.56 Å². The number of aromatic nitrogens is 1. The van der Waals surface area contributed by atoms with Gasteiger partial charge in [-0.15, -0.1) is 5.23 Å². The number of benzene rings is 1. The molecule has 0 saturated heterocycles. The SMILES string of the molecule is Cc1c(Br)c(Cl)cc2c(=O)c(N(O)O)c[nH]c12. The summed E-state index contributed by atoms with van der Waals surface area (Å²) in [6, 6.07) is 1.47. The number of anilines is 1. The van der Waals surface area contributed by atoms with E-state index >= 15 is 0 Å². The summed E-state index contributed by atoms with van der Waals surface area (Å²) in [6.07, 6.45) is 1.22. The zero-order chi connectivity index (χ0) is 12.7. The molecule has 5 nitrogen and oxygen atoms in total. The highest BCUT2D eigenvalue weighted by Gasteiger charge is 2.13. The van der Waals surface area contributed by atoms with Crippen molar-refractivity contribution in [2.24, 2.45) is 0 Å². The minimum absolute atomic E-state index is 0.219. The van der Waals surface area contributed by atoms with Crippen LogP contribution >= 0.6 is 27.5 Å². The van der Waals surface area contributed by atoms with Crippen molar-refractivity contribution >= 4 is 44.1 Å². The monoisotopic (exact) mass is 318 g/mol. The first-order chi connectivity index (χ1) is 7.93.